The van der Waals surface area contributed by atoms with Crippen LogP contribution in [0.25, 0.3) is 0 Å². The lowest BCUT2D eigenvalue weighted by atomic mass is 9.96. The Balaban J connectivity index is 1.89. The van der Waals surface area contributed by atoms with Gasteiger partial charge in [-0.1, -0.05) is 31.5 Å². The summed E-state index contributed by atoms with van der Waals surface area (Å²) in [4.78, 5) is 0. The van der Waals surface area contributed by atoms with Gasteiger partial charge in [0, 0.05) is 23.3 Å². The first kappa shape index (κ1) is 13.3. The van der Waals surface area contributed by atoms with Crippen LogP contribution in [0.1, 0.15) is 43.4 Å². The fraction of sp³-hybridized carbons (Fsp3) is 0.625. The third kappa shape index (κ3) is 2.77. The van der Waals surface area contributed by atoms with Gasteiger partial charge in [0.15, 0.2) is 0 Å². The van der Waals surface area contributed by atoms with E-state index in [-0.39, 0.29) is 0 Å². The molecule has 0 aromatic heterocycles. The quantitative estimate of drug-likeness (QED) is 0.909. The average molecular weight is 277 g/mol. The summed E-state index contributed by atoms with van der Waals surface area (Å²) >= 11 is 2.13. The van der Waals surface area contributed by atoms with Crippen molar-refractivity contribution in [2.75, 3.05) is 18.9 Å². The van der Waals surface area contributed by atoms with E-state index >= 15 is 0 Å². The van der Waals surface area contributed by atoms with Crippen LogP contribution >= 0.6 is 11.8 Å². The Hall–Kier alpha value is -0.670. The molecule has 2 heterocycles. The Morgan fingerprint density at radius 3 is 3.16 bits per heavy atom. The van der Waals surface area contributed by atoms with E-state index in [4.69, 9.17) is 4.74 Å². The zero-order valence-electron chi connectivity index (χ0n) is 11.7. The van der Waals surface area contributed by atoms with Crippen molar-refractivity contribution in [1.29, 1.82) is 0 Å². The SMILES string of the molecule is CCNC(c1cccc2c1OCC2)C1CCCCS1. The Morgan fingerprint density at radius 2 is 2.37 bits per heavy atom. The lowest BCUT2D eigenvalue weighted by Crippen LogP contribution is -2.32. The molecule has 1 aromatic carbocycles. The third-order valence-corrected chi connectivity index (χ3v) is 5.55. The Kier molecular flexibility index (Phi) is 4.34. The van der Waals surface area contributed by atoms with Crippen LogP contribution in [-0.4, -0.2) is 24.2 Å². The minimum Gasteiger partial charge on any atom is -0.493 e. The molecule has 2 nitrogen and oxygen atoms in total. The Labute approximate surface area is 120 Å². The molecule has 2 unspecified atom stereocenters. The molecule has 2 aliphatic heterocycles. The summed E-state index contributed by atoms with van der Waals surface area (Å²) in [7, 11) is 0. The van der Waals surface area contributed by atoms with Gasteiger partial charge in [-0.25, -0.2) is 0 Å². The zero-order valence-corrected chi connectivity index (χ0v) is 12.5. The number of benzene rings is 1. The molecule has 0 saturated carbocycles. The number of hydrogen-bond acceptors (Lipinski definition) is 3. The molecule has 0 radical (unpaired) electrons. The Bertz CT molecular complexity index is 429. The number of para-hydroxylation sites is 1. The van der Waals surface area contributed by atoms with Crippen LogP contribution in [-0.2, 0) is 6.42 Å². The van der Waals surface area contributed by atoms with Crippen molar-refractivity contribution in [3.8, 4) is 5.75 Å². The molecule has 1 fully saturated rings. The molecular weight excluding hydrogens is 254 g/mol. The third-order valence-electron chi connectivity index (χ3n) is 4.09. The molecule has 0 bridgehead atoms. The van der Waals surface area contributed by atoms with E-state index in [0.29, 0.717) is 11.3 Å². The predicted molar refractivity (Wildman–Crippen MR) is 82.2 cm³/mol. The van der Waals surface area contributed by atoms with E-state index < -0.39 is 0 Å². The van der Waals surface area contributed by atoms with Gasteiger partial charge < -0.3 is 10.1 Å². The van der Waals surface area contributed by atoms with Crippen molar-refractivity contribution in [1.82, 2.24) is 5.32 Å². The summed E-state index contributed by atoms with van der Waals surface area (Å²) in [5, 5.41) is 4.40. The van der Waals surface area contributed by atoms with Crippen LogP contribution in [0.3, 0.4) is 0 Å². The number of nitrogens with one attached hydrogen (secondary N) is 1. The summed E-state index contributed by atoms with van der Waals surface area (Å²) in [6, 6.07) is 7.11. The maximum atomic E-state index is 5.90. The first-order chi connectivity index (χ1) is 9.40. The van der Waals surface area contributed by atoms with E-state index in [1.165, 1.54) is 41.9 Å². The lowest BCUT2D eigenvalue weighted by Gasteiger charge is -2.31. The summed E-state index contributed by atoms with van der Waals surface area (Å²) in [5.74, 6) is 2.47. The van der Waals surface area contributed by atoms with Gasteiger partial charge in [0.25, 0.3) is 0 Å². The minimum absolute atomic E-state index is 0.448. The molecular formula is C16H23NOS. The van der Waals surface area contributed by atoms with E-state index in [1.54, 1.807) is 0 Å². The summed E-state index contributed by atoms with van der Waals surface area (Å²) in [5.41, 5.74) is 2.78. The van der Waals surface area contributed by atoms with Crippen LogP contribution in [0.4, 0.5) is 0 Å². The highest BCUT2D eigenvalue weighted by atomic mass is 32.2. The van der Waals surface area contributed by atoms with Crippen molar-refractivity contribution in [3.63, 3.8) is 0 Å². The van der Waals surface area contributed by atoms with Crippen LogP contribution in [0.2, 0.25) is 0 Å². The smallest absolute Gasteiger partial charge is 0.127 e. The molecule has 19 heavy (non-hydrogen) atoms. The highest BCUT2D eigenvalue weighted by Gasteiger charge is 2.29. The van der Waals surface area contributed by atoms with E-state index in [1.807, 2.05) is 0 Å². The van der Waals surface area contributed by atoms with Gasteiger partial charge in [-0.3, -0.25) is 0 Å². The molecule has 0 spiro atoms. The lowest BCUT2D eigenvalue weighted by molar-refractivity contribution is 0.346. The zero-order chi connectivity index (χ0) is 13.1. The van der Waals surface area contributed by atoms with Crippen LogP contribution in [0.15, 0.2) is 18.2 Å². The second-order valence-corrected chi connectivity index (χ2v) is 6.72. The van der Waals surface area contributed by atoms with Crippen molar-refractivity contribution in [3.05, 3.63) is 29.3 Å². The molecule has 0 aliphatic carbocycles. The second kappa shape index (κ2) is 6.19. The van der Waals surface area contributed by atoms with Crippen LogP contribution in [0.5, 0.6) is 5.75 Å². The van der Waals surface area contributed by atoms with Crippen LogP contribution in [0, 0.1) is 0 Å². The maximum absolute atomic E-state index is 5.90. The molecule has 3 rings (SSSR count). The van der Waals surface area contributed by atoms with E-state index in [0.717, 1.165) is 19.6 Å². The van der Waals surface area contributed by atoms with Crippen molar-refractivity contribution in [2.45, 2.75) is 43.9 Å². The normalized spacial score (nSPS) is 23.7. The second-order valence-electron chi connectivity index (χ2n) is 5.37. The fourth-order valence-electron chi connectivity index (χ4n) is 3.18. The first-order valence-electron chi connectivity index (χ1n) is 7.49. The van der Waals surface area contributed by atoms with Gasteiger partial charge in [-0.05, 0) is 30.7 Å². The highest BCUT2D eigenvalue weighted by Crippen LogP contribution is 2.40. The maximum Gasteiger partial charge on any atom is 0.127 e. The predicted octanol–water partition coefficient (Wildman–Crippen LogP) is 3.56. The number of rotatable bonds is 4. The molecule has 1 N–H and O–H groups in total. The topological polar surface area (TPSA) is 21.3 Å². The number of fused-ring (bicyclic) bond motifs is 1. The van der Waals surface area contributed by atoms with Gasteiger partial charge in [-0.2, -0.15) is 11.8 Å². The largest absolute Gasteiger partial charge is 0.493 e. The fourth-order valence-corrected chi connectivity index (χ4v) is 4.62. The Morgan fingerprint density at radius 1 is 1.42 bits per heavy atom. The van der Waals surface area contributed by atoms with Gasteiger partial charge in [-0.15, -0.1) is 0 Å². The number of thioether (sulfide) groups is 1. The van der Waals surface area contributed by atoms with E-state index in [2.05, 4.69) is 42.2 Å². The molecule has 104 valence electrons. The van der Waals surface area contributed by atoms with Crippen molar-refractivity contribution in [2.24, 2.45) is 0 Å². The molecule has 3 heteroatoms. The molecule has 0 amide bonds. The van der Waals surface area contributed by atoms with Crippen molar-refractivity contribution >= 4 is 11.8 Å². The summed E-state index contributed by atoms with van der Waals surface area (Å²) in [6.07, 6.45) is 5.14. The average Bonchev–Trinajstić information content (AvgIpc) is 2.94. The molecule has 1 aromatic rings. The van der Waals surface area contributed by atoms with E-state index in [9.17, 15) is 0 Å². The molecule has 1 saturated heterocycles. The number of ether oxygens (including phenoxy) is 1. The summed E-state index contributed by atoms with van der Waals surface area (Å²) in [6.45, 7) is 4.07. The first-order valence-corrected chi connectivity index (χ1v) is 8.54. The number of hydrogen-bond donors (Lipinski definition) is 1. The van der Waals surface area contributed by atoms with Gasteiger partial charge in [0.1, 0.15) is 5.75 Å². The van der Waals surface area contributed by atoms with Crippen molar-refractivity contribution < 1.29 is 4.74 Å². The standard InChI is InChI=1S/C16H23NOS/c1-2-17-15(14-8-3-4-11-19-14)13-7-5-6-12-9-10-18-16(12)13/h5-7,14-15,17H,2-4,8-11H2,1H3. The molecule has 2 aliphatic rings. The monoisotopic (exact) mass is 277 g/mol. The highest BCUT2D eigenvalue weighted by molar-refractivity contribution is 8.00. The molecule has 2 atom stereocenters. The van der Waals surface area contributed by atoms with Gasteiger partial charge in [0.2, 0.25) is 0 Å². The summed E-state index contributed by atoms with van der Waals surface area (Å²) < 4.78 is 5.90. The minimum atomic E-state index is 0.448. The van der Waals surface area contributed by atoms with Gasteiger partial charge >= 0.3 is 0 Å². The van der Waals surface area contributed by atoms with Gasteiger partial charge in [0.05, 0.1) is 6.61 Å². The van der Waals surface area contributed by atoms with Crippen LogP contribution < -0.4 is 10.1 Å².